The Morgan fingerprint density at radius 2 is 0.765 bits per heavy atom. The van der Waals surface area contributed by atoms with Gasteiger partial charge in [-0.15, -0.1) is 11.6 Å². The second kappa shape index (κ2) is 28.5. The van der Waals surface area contributed by atoms with Crippen molar-refractivity contribution in [1.82, 2.24) is 0 Å². The van der Waals surface area contributed by atoms with Crippen molar-refractivity contribution >= 4 is 23.5 Å². The fourth-order valence-corrected chi connectivity index (χ4v) is 4.29. The van der Waals surface area contributed by atoms with E-state index in [1.165, 1.54) is 103 Å². The van der Waals surface area contributed by atoms with Crippen LogP contribution in [0.2, 0.25) is 0 Å². The van der Waals surface area contributed by atoms with Gasteiger partial charge in [-0.3, -0.25) is 9.59 Å². The molecule has 0 heterocycles. The first-order chi connectivity index (χ1) is 16.7. The molecule has 5 heteroatoms. The Morgan fingerprint density at radius 3 is 1.09 bits per heavy atom. The summed E-state index contributed by atoms with van der Waals surface area (Å²) in [7, 11) is 0. The normalized spacial score (nSPS) is 11.0. The van der Waals surface area contributed by atoms with Gasteiger partial charge in [-0.2, -0.15) is 0 Å². The Labute approximate surface area is 216 Å². The molecular formula is C29H55ClO4. The summed E-state index contributed by atoms with van der Waals surface area (Å²) in [5.41, 5.74) is 0. The molecule has 202 valence electrons. The Hall–Kier alpha value is -0.770. The maximum absolute atomic E-state index is 11.8. The summed E-state index contributed by atoms with van der Waals surface area (Å²) in [6.45, 7) is 3.19. The third-order valence-electron chi connectivity index (χ3n) is 6.34. The summed E-state index contributed by atoms with van der Waals surface area (Å²) in [6.07, 6.45) is 26.4. The van der Waals surface area contributed by atoms with Gasteiger partial charge in [0.1, 0.15) is 0 Å². The molecule has 0 saturated carbocycles. The maximum Gasteiger partial charge on any atom is 0.306 e. The second-order valence-corrected chi connectivity index (χ2v) is 10.1. The Bertz CT molecular complexity index is 442. The number of halogens is 1. The molecule has 0 aliphatic rings. The number of hydrogen-bond acceptors (Lipinski definition) is 4. The van der Waals surface area contributed by atoms with Gasteiger partial charge in [-0.05, 0) is 19.3 Å². The van der Waals surface area contributed by atoms with E-state index >= 15 is 0 Å². The van der Waals surface area contributed by atoms with Crippen LogP contribution in [-0.4, -0.2) is 31.0 Å². The lowest BCUT2D eigenvalue weighted by Crippen LogP contribution is -2.11. The zero-order chi connectivity index (χ0) is 25.0. The van der Waals surface area contributed by atoms with Crippen LogP contribution in [0.15, 0.2) is 0 Å². The van der Waals surface area contributed by atoms with E-state index in [2.05, 4.69) is 6.92 Å². The van der Waals surface area contributed by atoms with Crippen LogP contribution in [0, 0.1) is 0 Å². The number of unbranched alkanes of at least 4 members (excludes halogenated alkanes) is 19. The minimum Gasteiger partial charge on any atom is -0.466 e. The van der Waals surface area contributed by atoms with Crippen LogP contribution in [0.5, 0.6) is 0 Å². The molecule has 0 radical (unpaired) electrons. The van der Waals surface area contributed by atoms with E-state index in [0.717, 1.165) is 38.0 Å². The standard InChI is InChI=1S/C29H55ClO4/c1-2-3-4-5-6-7-8-9-10-12-15-18-21-26-33-28(31)23-24-29(32)34-27-22-19-16-13-11-14-17-20-25-30/h2-27H2,1H3. The zero-order valence-electron chi connectivity index (χ0n) is 22.4. The molecule has 0 bridgehead atoms. The third-order valence-corrected chi connectivity index (χ3v) is 6.60. The van der Waals surface area contributed by atoms with E-state index in [-0.39, 0.29) is 24.8 Å². The first-order valence-corrected chi connectivity index (χ1v) is 15.1. The van der Waals surface area contributed by atoms with Crippen molar-refractivity contribution in [2.75, 3.05) is 19.1 Å². The lowest BCUT2D eigenvalue weighted by molar-refractivity contribution is -0.150. The smallest absolute Gasteiger partial charge is 0.306 e. The summed E-state index contributed by atoms with van der Waals surface area (Å²) in [5, 5.41) is 0. The summed E-state index contributed by atoms with van der Waals surface area (Å²) in [5.74, 6) is 0.187. The Morgan fingerprint density at radius 1 is 0.471 bits per heavy atom. The van der Waals surface area contributed by atoms with Crippen molar-refractivity contribution in [2.45, 2.75) is 155 Å². The predicted molar refractivity (Wildman–Crippen MR) is 145 cm³/mol. The summed E-state index contributed by atoms with van der Waals surface area (Å²) >= 11 is 5.67. The fraction of sp³-hybridized carbons (Fsp3) is 0.931. The number of carbonyl (C=O) groups excluding carboxylic acids is 2. The van der Waals surface area contributed by atoms with Gasteiger partial charge < -0.3 is 9.47 Å². The minimum absolute atomic E-state index is 0.123. The second-order valence-electron chi connectivity index (χ2n) is 9.70. The average molecular weight is 503 g/mol. The van der Waals surface area contributed by atoms with Gasteiger partial charge in [0.25, 0.3) is 0 Å². The monoisotopic (exact) mass is 502 g/mol. The molecule has 0 amide bonds. The molecule has 0 rings (SSSR count). The van der Waals surface area contributed by atoms with Gasteiger partial charge in [0.15, 0.2) is 0 Å². The quantitative estimate of drug-likeness (QED) is 0.0637. The van der Waals surface area contributed by atoms with E-state index in [9.17, 15) is 9.59 Å². The van der Waals surface area contributed by atoms with E-state index in [0.29, 0.717) is 13.2 Å². The van der Waals surface area contributed by atoms with E-state index in [1.807, 2.05) is 0 Å². The highest BCUT2D eigenvalue weighted by Crippen LogP contribution is 2.13. The molecule has 0 spiro atoms. The van der Waals surface area contributed by atoms with Crippen molar-refractivity contribution in [2.24, 2.45) is 0 Å². The molecule has 0 aromatic heterocycles. The predicted octanol–water partition coefficient (Wildman–Crippen LogP) is 9.30. The number of hydrogen-bond donors (Lipinski definition) is 0. The highest BCUT2D eigenvalue weighted by atomic mass is 35.5. The average Bonchev–Trinajstić information content (AvgIpc) is 2.84. The Kier molecular flexibility index (Phi) is 27.8. The van der Waals surface area contributed by atoms with Crippen LogP contribution < -0.4 is 0 Å². The van der Waals surface area contributed by atoms with E-state index < -0.39 is 0 Å². The molecular weight excluding hydrogens is 448 g/mol. The SMILES string of the molecule is CCCCCCCCCCCCCCCOC(=O)CCC(=O)OCCCCCCCCCCCl. The molecule has 0 saturated heterocycles. The van der Waals surface area contributed by atoms with Crippen molar-refractivity contribution < 1.29 is 19.1 Å². The molecule has 0 atom stereocenters. The number of ether oxygens (including phenoxy) is 2. The fourth-order valence-electron chi connectivity index (χ4n) is 4.10. The molecule has 0 aliphatic carbocycles. The first-order valence-electron chi connectivity index (χ1n) is 14.6. The van der Waals surface area contributed by atoms with Crippen molar-refractivity contribution in [3.05, 3.63) is 0 Å². The van der Waals surface area contributed by atoms with Gasteiger partial charge in [-0.25, -0.2) is 0 Å². The minimum atomic E-state index is -0.293. The lowest BCUT2D eigenvalue weighted by Gasteiger charge is -2.06. The van der Waals surface area contributed by atoms with Crippen LogP contribution >= 0.6 is 11.6 Å². The van der Waals surface area contributed by atoms with Crippen molar-refractivity contribution in [3.8, 4) is 0 Å². The van der Waals surface area contributed by atoms with Crippen LogP contribution in [0.4, 0.5) is 0 Å². The molecule has 0 aromatic rings. The largest absolute Gasteiger partial charge is 0.466 e. The molecule has 0 aromatic carbocycles. The molecule has 0 N–H and O–H groups in total. The van der Waals surface area contributed by atoms with Gasteiger partial charge in [0.05, 0.1) is 26.1 Å². The highest BCUT2D eigenvalue weighted by Gasteiger charge is 2.09. The zero-order valence-corrected chi connectivity index (χ0v) is 23.2. The molecule has 4 nitrogen and oxygen atoms in total. The van der Waals surface area contributed by atoms with Crippen LogP contribution in [0.3, 0.4) is 0 Å². The lowest BCUT2D eigenvalue weighted by atomic mass is 10.0. The van der Waals surface area contributed by atoms with Gasteiger partial charge in [-0.1, -0.05) is 122 Å². The summed E-state index contributed by atoms with van der Waals surface area (Å²) in [6, 6.07) is 0. The van der Waals surface area contributed by atoms with Gasteiger partial charge in [0.2, 0.25) is 0 Å². The summed E-state index contributed by atoms with van der Waals surface area (Å²) in [4.78, 5) is 23.5. The number of carbonyl (C=O) groups is 2. The number of rotatable bonds is 27. The molecule has 34 heavy (non-hydrogen) atoms. The van der Waals surface area contributed by atoms with Crippen LogP contribution in [0.25, 0.3) is 0 Å². The topological polar surface area (TPSA) is 52.6 Å². The first kappa shape index (κ1) is 33.2. The van der Waals surface area contributed by atoms with Gasteiger partial charge in [0, 0.05) is 5.88 Å². The Balaban J connectivity index is 3.28. The summed E-state index contributed by atoms with van der Waals surface area (Å²) < 4.78 is 10.5. The third kappa shape index (κ3) is 27.5. The van der Waals surface area contributed by atoms with E-state index in [1.54, 1.807) is 0 Å². The van der Waals surface area contributed by atoms with E-state index in [4.69, 9.17) is 21.1 Å². The highest BCUT2D eigenvalue weighted by molar-refractivity contribution is 6.17. The number of esters is 2. The van der Waals surface area contributed by atoms with Crippen molar-refractivity contribution in [1.29, 1.82) is 0 Å². The molecule has 0 unspecified atom stereocenters. The van der Waals surface area contributed by atoms with Crippen LogP contribution in [0.1, 0.15) is 155 Å². The van der Waals surface area contributed by atoms with Crippen LogP contribution in [-0.2, 0) is 19.1 Å². The molecule has 0 fully saturated rings. The maximum atomic E-state index is 11.8. The van der Waals surface area contributed by atoms with Gasteiger partial charge >= 0.3 is 11.9 Å². The molecule has 0 aliphatic heterocycles. The van der Waals surface area contributed by atoms with Crippen molar-refractivity contribution in [3.63, 3.8) is 0 Å². The number of alkyl halides is 1.